The van der Waals surface area contributed by atoms with Gasteiger partial charge in [-0.2, -0.15) is 0 Å². The molecule has 3 heteroatoms. The lowest BCUT2D eigenvalue weighted by Crippen LogP contribution is -2.50. The van der Waals surface area contributed by atoms with Crippen molar-refractivity contribution in [1.82, 2.24) is 0 Å². The Balaban J connectivity index is 6.41. The quantitative estimate of drug-likeness (QED) is 0.191. The smallest absolute Gasteiger partial charge is 0.0986 e. The summed E-state index contributed by atoms with van der Waals surface area (Å²) >= 11 is 5.43. The van der Waals surface area contributed by atoms with Crippen molar-refractivity contribution >= 4 is 33.4 Å². The Morgan fingerprint density at radius 1 is 0.609 bits per heavy atom. The minimum Gasteiger partial charge on any atom is -0.103 e. The normalized spacial score (nSPS) is 11.0. The van der Waals surface area contributed by atoms with Gasteiger partial charge in [-0.15, -0.1) is 39.5 Å². The van der Waals surface area contributed by atoms with Crippen molar-refractivity contribution in [3.63, 3.8) is 0 Å². The van der Waals surface area contributed by atoms with Gasteiger partial charge in [-0.1, -0.05) is 41.5 Å². The first-order valence-corrected chi connectivity index (χ1v) is 13.6. The van der Waals surface area contributed by atoms with Crippen LogP contribution in [-0.4, -0.2) is 21.2 Å². The van der Waals surface area contributed by atoms with Crippen molar-refractivity contribution in [2.75, 3.05) is 0 Å². The molecule has 0 amide bonds. The number of rotatable bonds is 14. The monoisotopic (exact) mass is 358 g/mol. The highest BCUT2D eigenvalue weighted by atomic mass is 32.1. The van der Waals surface area contributed by atoms with Crippen LogP contribution >= 0.6 is 12.2 Å². The molecule has 0 N–H and O–H groups in total. The van der Waals surface area contributed by atoms with Crippen LogP contribution < -0.4 is 0 Å². The summed E-state index contributed by atoms with van der Waals surface area (Å²) < 4.78 is 0. The molecule has 0 aromatic heterocycles. The highest BCUT2D eigenvalue weighted by Crippen LogP contribution is 2.40. The number of thiocarbonyl (C=S) groups is 1. The first-order valence-electron chi connectivity index (χ1n) is 7.97. The molecule has 0 saturated carbocycles. The largest absolute Gasteiger partial charge is 0.103 e. The van der Waals surface area contributed by atoms with E-state index in [1.165, 1.54) is 4.82 Å². The fraction of sp³-hybridized carbons (Fsp3) is 0.300. The van der Waals surface area contributed by atoms with Crippen LogP contribution in [0.25, 0.3) is 0 Å². The standard InChI is InChI=1S/C20H30SSi2/c1-7-13-22(14-8-2,15-9-3)20(19-21)23(16-10-4,17-11-5)18-12-6/h7-12H,1-6,13-18H2. The Morgan fingerprint density at radius 3 is 0.957 bits per heavy atom. The Labute approximate surface area is 150 Å². The highest BCUT2D eigenvalue weighted by molar-refractivity contribution is 7.78. The van der Waals surface area contributed by atoms with Gasteiger partial charge in [-0.05, 0) is 53.3 Å². The van der Waals surface area contributed by atoms with Crippen LogP contribution in [0, 0.1) is 0 Å². The average Bonchev–Trinajstić information content (AvgIpc) is 2.49. The van der Waals surface area contributed by atoms with Gasteiger partial charge in [-0.25, -0.2) is 0 Å². The van der Waals surface area contributed by atoms with Crippen molar-refractivity contribution < 1.29 is 0 Å². The zero-order valence-electron chi connectivity index (χ0n) is 14.4. The van der Waals surface area contributed by atoms with E-state index in [2.05, 4.69) is 44.5 Å². The average molecular weight is 359 g/mol. The highest BCUT2D eigenvalue weighted by Gasteiger charge is 2.45. The van der Waals surface area contributed by atoms with Crippen molar-refractivity contribution in [2.45, 2.75) is 36.3 Å². The SMILES string of the molecule is C=CC[Si](CC=C)(CC=C)C(=C=S)[Si](CC=C)(CC=C)CC=C. The fourth-order valence-electron chi connectivity index (χ4n) is 3.55. The third-order valence-corrected chi connectivity index (χ3v) is 16.9. The second-order valence-corrected chi connectivity index (χ2v) is 15.3. The summed E-state index contributed by atoms with van der Waals surface area (Å²) in [6.45, 7) is 24.0. The Hall–Kier alpha value is -1.26. The van der Waals surface area contributed by atoms with E-state index in [0.29, 0.717) is 0 Å². The third-order valence-electron chi connectivity index (χ3n) is 4.37. The second-order valence-electron chi connectivity index (χ2n) is 5.99. The Bertz CT molecular complexity index is 417. The molecular formula is C20H30SSi2. The first kappa shape index (κ1) is 21.7. The van der Waals surface area contributed by atoms with E-state index in [0.717, 1.165) is 36.3 Å². The van der Waals surface area contributed by atoms with Crippen LogP contribution in [0.1, 0.15) is 0 Å². The molecule has 0 aromatic rings. The second kappa shape index (κ2) is 11.3. The Kier molecular flexibility index (Phi) is 10.7. The van der Waals surface area contributed by atoms with Crippen LogP contribution in [0.3, 0.4) is 0 Å². The third kappa shape index (κ3) is 5.40. The number of hydrogen-bond acceptors (Lipinski definition) is 1. The lowest BCUT2D eigenvalue weighted by Gasteiger charge is -2.41. The molecule has 0 rings (SSSR count). The topological polar surface area (TPSA) is 0 Å². The van der Waals surface area contributed by atoms with Crippen molar-refractivity contribution in [1.29, 1.82) is 0 Å². The zero-order valence-corrected chi connectivity index (χ0v) is 17.2. The molecule has 0 aromatic carbocycles. The van der Waals surface area contributed by atoms with E-state index < -0.39 is 16.1 Å². The minimum absolute atomic E-state index is 0.976. The summed E-state index contributed by atoms with van der Waals surface area (Å²) in [4.78, 5) is 1.39. The summed E-state index contributed by atoms with van der Waals surface area (Å²) in [6, 6.07) is 5.86. The molecule has 124 valence electrons. The fourth-order valence-corrected chi connectivity index (χ4v) is 17.2. The zero-order chi connectivity index (χ0) is 17.8. The van der Waals surface area contributed by atoms with Gasteiger partial charge in [0.05, 0.1) is 16.1 Å². The van der Waals surface area contributed by atoms with Crippen LogP contribution in [-0.2, 0) is 0 Å². The van der Waals surface area contributed by atoms with E-state index in [4.69, 9.17) is 12.2 Å². The maximum Gasteiger partial charge on any atom is 0.0986 e. The molecule has 0 bridgehead atoms. The van der Waals surface area contributed by atoms with E-state index in [1.54, 1.807) is 0 Å². The maximum absolute atomic E-state index is 5.43. The molecule has 0 aliphatic heterocycles. The van der Waals surface area contributed by atoms with E-state index in [9.17, 15) is 0 Å². The molecule has 0 aliphatic carbocycles. The molecule has 0 unspecified atom stereocenters. The summed E-state index contributed by atoms with van der Waals surface area (Å²) in [5.41, 5.74) is 0. The van der Waals surface area contributed by atoms with Gasteiger partial charge in [-0.3, -0.25) is 0 Å². The van der Waals surface area contributed by atoms with Crippen molar-refractivity contribution in [3.05, 3.63) is 80.7 Å². The van der Waals surface area contributed by atoms with Crippen LogP contribution in [0.4, 0.5) is 0 Å². The predicted molar refractivity (Wildman–Crippen MR) is 118 cm³/mol. The summed E-state index contributed by atoms with van der Waals surface area (Å²) in [5, 5.41) is 3.23. The molecular weight excluding hydrogens is 328 g/mol. The maximum atomic E-state index is 5.43. The first-order chi connectivity index (χ1) is 11.1. The van der Waals surface area contributed by atoms with Crippen molar-refractivity contribution in [3.8, 4) is 0 Å². The van der Waals surface area contributed by atoms with Crippen LogP contribution in [0.15, 0.2) is 80.7 Å². The molecule has 0 nitrogen and oxygen atoms in total. The lowest BCUT2D eigenvalue weighted by molar-refractivity contribution is 1.32. The molecule has 0 spiro atoms. The molecule has 0 atom stereocenters. The van der Waals surface area contributed by atoms with Gasteiger partial charge in [0.25, 0.3) is 0 Å². The van der Waals surface area contributed by atoms with E-state index in [1.807, 2.05) is 36.5 Å². The summed E-state index contributed by atoms with van der Waals surface area (Å²) in [5.74, 6) is 0. The van der Waals surface area contributed by atoms with Gasteiger partial charge < -0.3 is 0 Å². The molecule has 23 heavy (non-hydrogen) atoms. The molecule has 0 radical (unpaired) electrons. The van der Waals surface area contributed by atoms with Gasteiger partial charge >= 0.3 is 0 Å². The minimum atomic E-state index is -1.91. The summed E-state index contributed by atoms with van der Waals surface area (Å²) in [6.07, 6.45) is 12.2. The van der Waals surface area contributed by atoms with Gasteiger partial charge in [0.15, 0.2) is 0 Å². The van der Waals surface area contributed by atoms with Crippen molar-refractivity contribution in [2.24, 2.45) is 0 Å². The van der Waals surface area contributed by atoms with E-state index in [-0.39, 0.29) is 0 Å². The van der Waals surface area contributed by atoms with Crippen LogP contribution in [0.2, 0.25) is 36.3 Å². The Morgan fingerprint density at radius 2 is 0.826 bits per heavy atom. The van der Waals surface area contributed by atoms with Gasteiger partial charge in [0.1, 0.15) is 0 Å². The molecule has 0 aliphatic rings. The number of allylic oxidation sites excluding steroid dienone is 6. The van der Waals surface area contributed by atoms with E-state index >= 15 is 0 Å². The predicted octanol–water partition coefficient (Wildman–Crippen LogP) is 6.60. The molecule has 0 fully saturated rings. The lowest BCUT2D eigenvalue weighted by atomic mass is 10.7. The van der Waals surface area contributed by atoms with Gasteiger partial charge in [0.2, 0.25) is 0 Å². The molecule has 0 heterocycles. The number of hydrogen-bond donors (Lipinski definition) is 0. The summed E-state index contributed by atoms with van der Waals surface area (Å²) in [7, 11) is -3.81. The molecule has 0 saturated heterocycles. The van der Waals surface area contributed by atoms with Gasteiger partial charge in [0, 0.05) is 0 Å². The van der Waals surface area contributed by atoms with Crippen LogP contribution in [0.5, 0.6) is 0 Å².